The SMILES string of the molecule is C=CCN.O=S(=O)(O)C(F)C(F)(F)C(F)(F)C(F)C(F)C(F)F. The van der Waals surface area contributed by atoms with Gasteiger partial charge in [-0.05, 0) is 0 Å². The van der Waals surface area contributed by atoms with E-state index in [0.29, 0.717) is 6.54 Å². The van der Waals surface area contributed by atoms with E-state index >= 15 is 0 Å². The molecule has 0 rings (SSSR count). The molecule has 0 aliphatic rings. The van der Waals surface area contributed by atoms with E-state index in [-0.39, 0.29) is 0 Å². The summed E-state index contributed by atoms with van der Waals surface area (Å²) in [5, 5.41) is 0. The van der Waals surface area contributed by atoms with Crippen LogP contribution in [0.3, 0.4) is 0 Å². The van der Waals surface area contributed by atoms with Crippen molar-refractivity contribution in [1.82, 2.24) is 0 Å². The quantitative estimate of drug-likeness (QED) is 0.401. The Kier molecular flexibility index (Phi) is 9.20. The molecule has 0 saturated carbocycles. The third-order valence-electron chi connectivity index (χ3n) is 2.02. The Morgan fingerprint density at radius 3 is 1.61 bits per heavy atom. The van der Waals surface area contributed by atoms with Gasteiger partial charge in [0.1, 0.15) is 0 Å². The molecule has 3 unspecified atom stereocenters. The van der Waals surface area contributed by atoms with Crippen LogP contribution in [0.2, 0.25) is 0 Å². The summed E-state index contributed by atoms with van der Waals surface area (Å²) in [6, 6.07) is 0. The van der Waals surface area contributed by atoms with Gasteiger partial charge in [0.15, 0.2) is 6.17 Å². The highest BCUT2D eigenvalue weighted by Gasteiger charge is 2.71. The lowest BCUT2D eigenvalue weighted by Gasteiger charge is -2.30. The highest BCUT2D eigenvalue weighted by Crippen LogP contribution is 2.45. The van der Waals surface area contributed by atoms with Gasteiger partial charge in [-0.15, -0.1) is 6.58 Å². The summed E-state index contributed by atoms with van der Waals surface area (Å²) in [5.41, 5.74) is -0.106. The molecular formula is C9H12F9NO3S. The lowest BCUT2D eigenvalue weighted by molar-refractivity contribution is -0.265. The lowest BCUT2D eigenvalue weighted by atomic mass is 10.0. The molecule has 3 N–H and O–H groups in total. The predicted molar refractivity (Wildman–Crippen MR) is 61.4 cm³/mol. The standard InChI is InChI=1S/C6H5F9O3S.C3H7N/c7-1(3(9)10)2(8)5(12,13)6(14,15)4(11)19(16,17)18;1-2-3-4/h1-4H,(H,16,17,18);2H,1,3-4H2. The molecule has 0 aromatic carbocycles. The van der Waals surface area contributed by atoms with Crippen LogP contribution in [0.15, 0.2) is 12.7 Å². The van der Waals surface area contributed by atoms with Crippen molar-refractivity contribution in [3.8, 4) is 0 Å². The van der Waals surface area contributed by atoms with Crippen molar-refractivity contribution in [3.05, 3.63) is 12.7 Å². The maximum Gasteiger partial charge on any atom is 0.360 e. The minimum absolute atomic E-state index is 0.583. The molecule has 23 heavy (non-hydrogen) atoms. The third kappa shape index (κ3) is 6.18. The van der Waals surface area contributed by atoms with Crippen molar-refractivity contribution in [2.75, 3.05) is 6.54 Å². The second kappa shape index (κ2) is 8.73. The molecule has 0 fully saturated rings. The molecule has 0 aromatic rings. The van der Waals surface area contributed by atoms with Crippen LogP contribution >= 0.6 is 0 Å². The summed E-state index contributed by atoms with van der Waals surface area (Å²) in [6.07, 6.45) is -12.1. The molecule has 0 aliphatic heterocycles. The molecule has 140 valence electrons. The first-order chi connectivity index (χ1) is 10.1. The normalized spacial score (nSPS) is 17.0. The Balaban J connectivity index is 0. The Labute approximate surface area is 124 Å². The van der Waals surface area contributed by atoms with Crippen molar-refractivity contribution in [3.63, 3.8) is 0 Å². The largest absolute Gasteiger partial charge is 0.360 e. The summed E-state index contributed by atoms with van der Waals surface area (Å²) in [5.74, 6) is -12.9. The second-order valence-corrected chi connectivity index (χ2v) is 5.23. The van der Waals surface area contributed by atoms with Gasteiger partial charge in [0.25, 0.3) is 11.9 Å². The number of hydrogen-bond acceptors (Lipinski definition) is 3. The van der Waals surface area contributed by atoms with E-state index in [0.717, 1.165) is 0 Å². The Bertz CT molecular complexity index is 471. The molecule has 0 amide bonds. The van der Waals surface area contributed by atoms with Gasteiger partial charge in [-0.1, -0.05) is 6.08 Å². The topological polar surface area (TPSA) is 80.4 Å². The Morgan fingerprint density at radius 2 is 1.39 bits per heavy atom. The van der Waals surface area contributed by atoms with Gasteiger partial charge in [0.05, 0.1) is 0 Å². The monoisotopic (exact) mass is 385 g/mol. The smallest absolute Gasteiger partial charge is 0.327 e. The fourth-order valence-electron chi connectivity index (χ4n) is 0.850. The van der Waals surface area contributed by atoms with Crippen LogP contribution in [0.25, 0.3) is 0 Å². The lowest BCUT2D eigenvalue weighted by Crippen LogP contribution is -2.58. The maximum absolute atomic E-state index is 12.7. The van der Waals surface area contributed by atoms with E-state index in [1.807, 2.05) is 0 Å². The number of hydrogen-bond donors (Lipinski definition) is 2. The molecule has 0 spiro atoms. The molecule has 4 nitrogen and oxygen atoms in total. The van der Waals surface area contributed by atoms with Crippen LogP contribution in [0.4, 0.5) is 39.5 Å². The van der Waals surface area contributed by atoms with E-state index in [1.54, 1.807) is 6.08 Å². The van der Waals surface area contributed by atoms with Crippen LogP contribution in [-0.2, 0) is 10.1 Å². The van der Waals surface area contributed by atoms with E-state index < -0.39 is 46.2 Å². The van der Waals surface area contributed by atoms with Crippen LogP contribution in [-0.4, -0.2) is 55.6 Å². The molecule has 0 heterocycles. The minimum atomic E-state index is -6.46. The maximum atomic E-state index is 12.7. The third-order valence-corrected chi connectivity index (χ3v) is 2.84. The van der Waals surface area contributed by atoms with Gasteiger partial charge in [-0.2, -0.15) is 26.0 Å². The first kappa shape index (κ1) is 24.2. The number of nitrogens with two attached hydrogens (primary N) is 1. The zero-order valence-electron chi connectivity index (χ0n) is 11.0. The van der Waals surface area contributed by atoms with Gasteiger partial charge in [0, 0.05) is 6.54 Å². The number of halogens is 9. The first-order valence-electron chi connectivity index (χ1n) is 5.32. The summed E-state index contributed by atoms with van der Waals surface area (Å²) in [7, 11) is -6.40. The van der Waals surface area contributed by atoms with Gasteiger partial charge < -0.3 is 5.73 Å². The summed E-state index contributed by atoms with van der Waals surface area (Å²) >= 11 is 0. The van der Waals surface area contributed by atoms with Gasteiger partial charge >= 0.3 is 22.0 Å². The van der Waals surface area contributed by atoms with Crippen LogP contribution in [0.5, 0.6) is 0 Å². The second-order valence-electron chi connectivity index (χ2n) is 3.78. The Hall–Kier alpha value is -1.02. The molecule has 0 aromatic heterocycles. The fourth-order valence-corrected chi connectivity index (χ4v) is 1.38. The molecule has 0 aliphatic carbocycles. The van der Waals surface area contributed by atoms with Crippen molar-refractivity contribution >= 4 is 10.1 Å². The average Bonchev–Trinajstić information content (AvgIpc) is 2.43. The Morgan fingerprint density at radius 1 is 1.04 bits per heavy atom. The van der Waals surface area contributed by atoms with Crippen LogP contribution in [0.1, 0.15) is 0 Å². The van der Waals surface area contributed by atoms with Crippen molar-refractivity contribution < 1.29 is 52.5 Å². The number of rotatable bonds is 7. The molecule has 14 heteroatoms. The first-order valence-corrected chi connectivity index (χ1v) is 6.82. The molecule has 0 bridgehead atoms. The van der Waals surface area contributed by atoms with E-state index in [2.05, 4.69) is 6.58 Å². The van der Waals surface area contributed by atoms with E-state index in [4.69, 9.17) is 10.3 Å². The fraction of sp³-hybridized carbons (Fsp3) is 0.778. The number of alkyl halides is 9. The van der Waals surface area contributed by atoms with Gasteiger partial charge in [0.2, 0.25) is 6.17 Å². The van der Waals surface area contributed by atoms with E-state index in [1.165, 1.54) is 0 Å². The van der Waals surface area contributed by atoms with Crippen LogP contribution in [0, 0.1) is 0 Å². The van der Waals surface area contributed by atoms with Gasteiger partial charge in [-0.3, -0.25) is 4.55 Å². The minimum Gasteiger partial charge on any atom is -0.327 e. The summed E-state index contributed by atoms with van der Waals surface area (Å²) in [6.45, 7) is 3.94. The highest BCUT2D eigenvalue weighted by molar-refractivity contribution is 7.86. The van der Waals surface area contributed by atoms with Crippen molar-refractivity contribution in [1.29, 1.82) is 0 Å². The molecule has 0 radical (unpaired) electrons. The highest BCUT2D eigenvalue weighted by atomic mass is 32.2. The molecule has 3 atom stereocenters. The van der Waals surface area contributed by atoms with Gasteiger partial charge in [-0.25, -0.2) is 22.0 Å². The zero-order chi connectivity index (χ0) is 19.2. The van der Waals surface area contributed by atoms with Crippen molar-refractivity contribution in [2.24, 2.45) is 5.73 Å². The molecule has 0 saturated heterocycles. The van der Waals surface area contributed by atoms with Crippen molar-refractivity contribution in [2.45, 2.75) is 36.1 Å². The van der Waals surface area contributed by atoms with E-state index in [9.17, 15) is 47.9 Å². The zero-order valence-corrected chi connectivity index (χ0v) is 11.8. The molecular weight excluding hydrogens is 373 g/mol. The average molecular weight is 385 g/mol. The summed E-state index contributed by atoms with van der Waals surface area (Å²) < 4.78 is 139. The predicted octanol–water partition coefficient (Wildman–Crippen LogP) is 2.51. The van der Waals surface area contributed by atoms with Crippen LogP contribution < -0.4 is 5.73 Å². The summed E-state index contributed by atoms with van der Waals surface area (Å²) in [4.78, 5) is 0.